The van der Waals surface area contributed by atoms with Crippen LogP contribution in [-0.4, -0.2) is 22.4 Å². The van der Waals surface area contributed by atoms with E-state index in [1.165, 1.54) is 6.07 Å². The second-order valence-electron chi connectivity index (χ2n) is 4.01. The number of alkyl halides is 1. The van der Waals surface area contributed by atoms with E-state index in [1.807, 2.05) is 6.92 Å². The number of carbonyl (C=O) groups excluding carboxylic acids is 1. The lowest BCUT2D eigenvalue weighted by molar-refractivity contribution is 0.180. The summed E-state index contributed by atoms with van der Waals surface area (Å²) in [7, 11) is 0. The molecule has 0 aliphatic rings. The molecule has 0 aliphatic heterocycles. The minimum absolute atomic E-state index is 0.204. The fourth-order valence-electron chi connectivity index (χ4n) is 1.70. The van der Waals surface area contributed by atoms with Crippen molar-refractivity contribution in [1.82, 2.24) is 10.2 Å². The number of amides is 1. The summed E-state index contributed by atoms with van der Waals surface area (Å²) < 4.78 is 4.56. The summed E-state index contributed by atoms with van der Waals surface area (Å²) in [6.07, 6.45) is -0.619. The number of aromatic nitrogens is 2. The summed E-state index contributed by atoms with van der Waals surface area (Å²) in [5.41, 5.74) is 2.62. The Hall–Kier alpha value is -2.34. The average molecular weight is 294 g/mol. The highest BCUT2D eigenvalue weighted by molar-refractivity contribution is 6.17. The molecule has 0 unspecified atom stereocenters. The maximum Gasteiger partial charge on any atom is 0.412 e. The van der Waals surface area contributed by atoms with E-state index in [9.17, 15) is 9.59 Å². The molecule has 0 atom stereocenters. The molecule has 2 N–H and O–H groups in total. The van der Waals surface area contributed by atoms with E-state index in [2.05, 4.69) is 20.3 Å². The summed E-state index contributed by atoms with van der Waals surface area (Å²) >= 11 is 5.28. The third-order valence-electron chi connectivity index (χ3n) is 2.59. The van der Waals surface area contributed by atoms with E-state index in [1.54, 1.807) is 24.3 Å². The Morgan fingerprint density at radius 1 is 1.40 bits per heavy atom. The van der Waals surface area contributed by atoms with Gasteiger partial charge in [-0.2, -0.15) is 5.10 Å². The lowest BCUT2D eigenvalue weighted by Crippen LogP contribution is -2.12. The molecular weight excluding hydrogens is 282 g/mol. The zero-order valence-corrected chi connectivity index (χ0v) is 11.4. The van der Waals surface area contributed by atoms with Crippen molar-refractivity contribution in [3.05, 3.63) is 46.2 Å². The Balaban J connectivity index is 2.19. The van der Waals surface area contributed by atoms with Gasteiger partial charge in [-0.3, -0.25) is 10.1 Å². The number of ether oxygens (including phenoxy) is 1. The van der Waals surface area contributed by atoms with Crippen LogP contribution in [-0.2, 0) is 4.74 Å². The van der Waals surface area contributed by atoms with E-state index >= 15 is 0 Å². The Kier molecular flexibility index (Phi) is 4.37. The van der Waals surface area contributed by atoms with Crippen LogP contribution in [0.1, 0.15) is 5.56 Å². The van der Waals surface area contributed by atoms with Crippen LogP contribution in [0.3, 0.4) is 0 Å². The van der Waals surface area contributed by atoms with Crippen molar-refractivity contribution < 1.29 is 9.53 Å². The highest BCUT2D eigenvalue weighted by Gasteiger charge is 2.06. The number of nitrogens with zero attached hydrogens (tertiary/aromatic N) is 1. The molecule has 0 radical (unpaired) electrons. The Bertz CT molecular complexity index is 667. The lowest BCUT2D eigenvalue weighted by Gasteiger charge is -2.07. The van der Waals surface area contributed by atoms with E-state index in [4.69, 9.17) is 11.6 Å². The monoisotopic (exact) mass is 293 g/mol. The first kappa shape index (κ1) is 14.1. The van der Waals surface area contributed by atoms with Crippen molar-refractivity contribution in [1.29, 1.82) is 0 Å². The average Bonchev–Trinajstić information content (AvgIpc) is 2.40. The molecule has 1 amide bonds. The van der Waals surface area contributed by atoms with Gasteiger partial charge in [0, 0.05) is 17.3 Å². The molecule has 104 valence electrons. The molecule has 6 nitrogen and oxygen atoms in total. The molecule has 0 spiro atoms. The molecule has 0 bridgehead atoms. The third-order valence-corrected chi connectivity index (χ3v) is 2.70. The number of aromatic amines is 1. The molecular formula is C13H12ClN3O3. The normalized spacial score (nSPS) is 10.1. The third kappa shape index (κ3) is 3.36. The summed E-state index contributed by atoms with van der Waals surface area (Å²) in [4.78, 5) is 22.3. The quantitative estimate of drug-likeness (QED) is 0.852. The van der Waals surface area contributed by atoms with Crippen molar-refractivity contribution in [3.8, 4) is 11.3 Å². The van der Waals surface area contributed by atoms with Gasteiger partial charge >= 0.3 is 6.09 Å². The first-order chi connectivity index (χ1) is 9.60. The molecule has 1 heterocycles. The van der Waals surface area contributed by atoms with Crippen molar-refractivity contribution in [2.75, 3.05) is 11.4 Å². The van der Waals surface area contributed by atoms with Crippen LogP contribution in [0.15, 0.2) is 35.1 Å². The van der Waals surface area contributed by atoms with Crippen LogP contribution in [0.2, 0.25) is 0 Å². The molecule has 2 aromatic rings. The number of nitrogens with one attached hydrogen (secondary N) is 2. The highest BCUT2D eigenvalue weighted by atomic mass is 35.5. The Morgan fingerprint density at radius 2 is 2.10 bits per heavy atom. The maximum atomic E-state index is 11.2. The Labute approximate surface area is 119 Å². The number of carbonyl (C=O) groups is 1. The van der Waals surface area contributed by atoms with Crippen molar-refractivity contribution in [2.24, 2.45) is 0 Å². The van der Waals surface area contributed by atoms with Gasteiger partial charge in [-0.25, -0.2) is 9.89 Å². The van der Waals surface area contributed by atoms with Gasteiger partial charge in [-0.05, 0) is 24.6 Å². The summed E-state index contributed by atoms with van der Waals surface area (Å²) in [6, 6.07) is 8.25. The number of rotatable bonds is 3. The van der Waals surface area contributed by atoms with E-state index in [0.29, 0.717) is 11.4 Å². The number of hydrogen-bond acceptors (Lipinski definition) is 4. The molecule has 0 saturated heterocycles. The zero-order valence-electron chi connectivity index (χ0n) is 10.6. The van der Waals surface area contributed by atoms with Gasteiger partial charge in [0.25, 0.3) is 5.56 Å². The second-order valence-corrected chi connectivity index (χ2v) is 4.23. The van der Waals surface area contributed by atoms with Crippen LogP contribution >= 0.6 is 11.6 Å². The van der Waals surface area contributed by atoms with Gasteiger partial charge in [0.05, 0.1) is 5.69 Å². The van der Waals surface area contributed by atoms with Crippen LogP contribution in [0.25, 0.3) is 11.3 Å². The summed E-state index contributed by atoms with van der Waals surface area (Å²) in [5, 5.41) is 8.92. The maximum absolute atomic E-state index is 11.2. The van der Waals surface area contributed by atoms with Gasteiger partial charge < -0.3 is 4.74 Å². The molecule has 7 heteroatoms. The molecule has 1 aromatic heterocycles. The van der Waals surface area contributed by atoms with Crippen molar-refractivity contribution in [2.45, 2.75) is 6.92 Å². The fourth-order valence-corrected chi connectivity index (χ4v) is 1.80. The lowest BCUT2D eigenvalue weighted by atomic mass is 10.1. The highest BCUT2D eigenvalue weighted by Crippen LogP contribution is 2.21. The molecule has 0 saturated carbocycles. The van der Waals surface area contributed by atoms with Gasteiger partial charge in [0.1, 0.15) is 0 Å². The van der Waals surface area contributed by atoms with E-state index in [-0.39, 0.29) is 11.6 Å². The topological polar surface area (TPSA) is 84.1 Å². The summed E-state index contributed by atoms with van der Waals surface area (Å²) in [6.45, 7) is 1.81. The number of H-pyrrole nitrogens is 1. The fraction of sp³-hybridized carbons (Fsp3) is 0.154. The van der Waals surface area contributed by atoms with Crippen LogP contribution in [0, 0.1) is 6.92 Å². The predicted octanol–water partition coefficient (Wildman–Crippen LogP) is 2.49. The molecule has 2 rings (SSSR count). The number of halogens is 1. The number of hydrogen-bond donors (Lipinski definition) is 2. The molecule has 0 aliphatic carbocycles. The van der Waals surface area contributed by atoms with E-state index < -0.39 is 6.09 Å². The van der Waals surface area contributed by atoms with Gasteiger partial charge in [-0.15, -0.1) is 0 Å². The minimum atomic E-state index is -0.619. The summed E-state index contributed by atoms with van der Waals surface area (Å²) in [5.74, 6) is 0. The first-order valence-corrected chi connectivity index (χ1v) is 6.30. The van der Waals surface area contributed by atoms with Gasteiger partial charge in [0.2, 0.25) is 0 Å². The smallest absolute Gasteiger partial charge is 0.412 e. The van der Waals surface area contributed by atoms with Crippen LogP contribution < -0.4 is 10.9 Å². The molecule has 0 fully saturated rings. The largest absolute Gasteiger partial charge is 0.433 e. The minimum Gasteiger partial charge on any atom is -0.433 e. The SMILES string of the molecule is Cc1cc(=O)[nH]nc1-c1ccc(NC(=O)OCCl)cc1. The van der Waals surface area contributed by atoms with Gasteiger partial charge in [0.15, 0.2) is 6.07 Å². The number of benzene rings is 1. The number of aryl methyl sites for hydroxylation is 1. The van der Waals surface area contributed by atoms with Crippen LogP contribution in [0.4, 0.5) is 10.5 Å². The van der Waals surface area contributed by atoms with Crippen molar-refractivity contribution >= 4 is 23.4 Å². The molecule has 1 aromatic carbocycles. The first-order valence-electron chi connectivity index (χ1n) is 5.76. The standard InChI is InChI=1S/C13H12ClN3O3/c1-8-6-11(18)16-17-12(8)9-2-4-10(5-3-9)15-13(19)20-7-14/h2-6H,7H2,1H3,(H,15,19)(H,16,18). The zero-order chi connectivity index (χ0) is 14.5. The second kappa shape index (κ2) is 6.21. The van der Waals surface area contributed by atoms with E-state index in [0.717, 1.165) is 11.1 Å². The molecule has 20 heavy (non-hydrogen) atoms. The van der Waals surface area contributed by atoms with Crippen molar-refractivity contribution in [3.63, 3.8) is 0 Å². The Morgan fingerprint density at radius 3 is 2.70 bits per heavy atom. The predicted molar refractivity (Wildman–Crippen MR) is 75.9 cm³/mol. The van der Waals surface area contributed by atoms with Crippen LogP contribution in [0.5, 0.6) is 0 Å². The number of anilines is 1. The van der Waals surface area contributed by atoms with Gasteiger partial charge in [-0.1, -0.05) is 23.7 Å².